The highest BCUT2D eigenvalue weighted by Crippen LogP contribution is 2.30. The second-order valence-electron chi connectivity index (χ2n) is 8.65. The number of anilines is 1. The first-order valence-corrected chi connectivity index (χ1v) is 12.7. The van der Waals surface area contributed by atoms with Gasteiger partial charge in [-0.15, -0.1) is 0 Å². The molecule has 6 nitrogen and oxygen atoms in total. The molecule has 1 amide bonds. The van der Waals surface area contributed by atoms with Gasteiger partial charge in [0.25, 0.3) is 15.9 Å². The highest BCUT2D eigenvalue weighted by molar-refractivity contribution is 7.95. The maximum Gasteiger partial charge on any atom is 0.255 e. The minimum Gasteiger partial charge on any atom is -0.350 e. The zero-order valence-corrected chi connectivity index (χ0v) is 19.7. The normalized spacial score (nSPS) is 16.6. The van der Waals surface area contributed by atoms with E-state index in [4.69, 9.17) is 0 Å². The van der Waals surface area contributed by atoms with Crippen LogP contribution in [0, 0.1) is 0 Å². The van der Waals surface area contributed by atoms with Crippen LogP contribution >= 0.6 is 0 Å². The number of nitrogens with zero attached hydrogens (tertiary/aromatic N) is 1. The molecule has 1 aliphatic carbocycles. The van der Waals surface area contributed by atoms with Crippen molar-refractivity contribution in [2.45, 2.75) is 44.1 Å². The monoisotopic (exact) mass is 455 g/mol. The SMILES string of the molecule is CN(C)C1(CNC(=O)c2ccc(NS(=O)(=O)/C=C/c3ccccc3)cc2)CCCCCC1. The van der Waals surface area contributed by atoms with Gasteiger partial charge in [-0.25, -0.2) is 8.42 Å². The summed E-state index contributed by atoms with van der Waals surface area (Å²) in [4.78, 5) is 15.0. The molecule has 1 fully saturated rings. The third-order valence-corrected chi connectivity index (χ3v) is 7.22. The Hall–Kier alpha value is -2.64. The summed E-state index contributed by atoms with van der Waals surface area (Å²) in [5, 5.41) is 4.23. The van der Waals surface area contributed by atoms with Crippen LogP contribution in [-0.2, 0) is 10.0 Å². The molecule has 0 heterocycles. The average Bonchev–Trinajstić information content (AvgIpc) is 3.04. The van der Waals surface area contributed by atoms with Crippen LogP contribution in [0.25, 0.3) is 6.08 Å². The minimum atomic E-state index is -3.65. The molecule has 0 bridgehead atoms. The van der Waals surface area contributed by atoms with Crippen molar-refractivity contribution < 1.29 is 13.2 Å². The second kappa shape index (κ2) is 10.8. The maximum absolute atomic E-state index is 12.7. The molecular formula is C25H33N3O3S. The van der Waals surface area contributed by atoms with Gasteiger partial charge in [0.15, 0.2) is 0 Å². The first-order chi connectivity index (χ1) is 15.3. The van der Waals surface area contributed by atoms with Crippen LogP contribution in [0.4, 0.5) is 5.69 Å². The van der Waals surface area contributed by atoms with Crippen LogP contribution in [0.5, 0.6) is 0 Å². The Labute approximate surface area is 191 Å². The lowest BCUT2D eigenvalue weighted by atomic mass is 9.88. The fraction of sp³-hybridized carbons (Fsp3) is 0.400. The summed E-state index contributed by atoms with van der Waals surface area (Å²) in [7, 11) is 0.527. The van der Waals surface area contributed by atoms with Crippen LogP contribution in [-0.4, -0.2) is 45.4 Å². The third-order valence-electron chi connectivity index (χ3n) is 6.21. The molecule has 0 saturated heterocycles. The number of sulfonamides is 1. The smallest absolute Gasteiger partial charge is 0.255 e. The summed E-state index contributed by atoms with van der Waals surface area (Å²) in [5.74, 6) is -0.145. The molecule has 7 heteroatoms. The molecule has 3 rings (SSSR count). The molecule has 0 aromatic heterocycles. The topological polar surface area (TPSA) is 78.5 Å². The predicted octanol–water partition coefficient (Wildman–Crippen LogP) is 4.48. The number of carbonyl (C=O) groups is 1. The van der Waals surface area contributed by atoms with E-state index in [0.717, 1.165) is 23.8 Å². The fourth-order valence-corrected chi connectivity index (χ4v) is 5.00. The fourth-order valence-electron chi connectivity index (χ4n) is 4.14. The Morgan fingerprint density at radius 3 is 2.19 bits per heavy atom. The van der Waals surface area contributed by atoms with E-state index in [9.17, 15) is 13.2 Å². The summed E-state index contributed by atoms with van der Waals surface area (Å²) in [6.07, 6.45) is 8.57. The van der Waals surface area contributed by atoms with Crippen LogP contribution in [0.15, 0.2) is 60.0 Å². The molecule has 0 radical (unpaired) electrons. The predicted molar refractivity (Wildman–Crippen MR) is 131 cm³/mol. The molecular weight excluding hydrogens is 422 g/mol. The summed E-state index contributed by atoms with van der Waals surface area (Å²) in [6, 6.07) is 15.7. The molecule has 0 aliphatic heterocycles. The lowest BCUT2D eigenvalue weighted by Gasteiger charge is -2.39. The van der Waals surface area contributed by atoms with E-state index in [1.165, 1.54) is 31.8 Å². The van der Waals surface area contributed by atoms with Crippen molar-refractivity contribution in [2.75, 3.05) is 25.4 Å². The Morgan fingerprint density at radius 1 is 0.969 bits per heavy atom. The van der Waals surface area contributed by atoms with Crippen molar-refractivity contribution in [3.05, 3.63) is 71.1 Å². The zero-order chi connectivity index (χ0) is 23.0. The van der Waals surface area contributed by atoms with E-state index in [1.54, 1.807) is 24.3 Å². The Morgan fingerprint density at radius 2 is 1.59 bits per heavy atom. The van der Waals surface area contributed by atoms with Gasteiger partial charge in [-0.1, -0.05) is 56.0 Å². The lowest BCUT2D eigenvalue weighted by Crippen LogP contribution is -2.52. The first-order valence-electron chi connectivity index (χ1n) is 11.1. The summed E-state index contributed by atoms with van der Waals surface area (Å²) in [6.45, 7) is 0.609. The number of hydrogen-bond donors (Lipinski definition) is 2. The van der Waals surface area contributed by atoms with Crippen molar-refractivity contribution in [3.8, 4) is 0 Å². The number of likely N-dealkylation sites (N-methyl/N-ethyl adjacent to an activating group) is 1. The molecule has 32 heavy (non-hydrogen) atoms. The molecule has 0 atom stereocenters. The number of hydrogen-bond acceptors (Lipinski definition) is 4. The van der Waals surface area contributed by atoms with E-state index in [-0.39, 0.29) is 11.4 Å². The van der Waals surface area contributed by atoms with Gasteiger partial charge in [0.2, 0.25) is 0 Å². The molecule has 0 unspecified atom stereocenters. The van der Waals surface area contributed by atoms with Gasteiger partial charge in [0.05, 0.1) is 5.41 Å². The van der Waals surface area contributed by atoms with Crippen molar-refractivity contribution in [3.63, 3.8) is 0 Å². The van der Waals surface area contributed by atoms with Crippen LogP contribution in [0.2, 0.25) is 0 Å². The summed E-state index contributed by atoms with van der Waals surface area (Å²) >= 11 is 0. The van der Waals surface area contributed by atoms with Gasteiger partial charge in [-0.3, -0.25) is 9.52 Å². The van der Waals surface area contributed by atoms with Crippen LogP contribution < -0.4 is 10.0 Å². The number of benzene rings is 2. The Bertz CT molecular complexity index is 1010. The lowest BCUT2D eigenvalue weighted by molar-refractivity contribution is 0.0869. The van der Waals surface area contributed by atoms with E-state index in [1.807, 2.05) is 30.3 Å². The van der Waals surface area contributed by atoms with Gasteiger partial charge in [-0.2, -0.15) is 0 Å². The van der Waals surface area contributed by atoms with Crippen LogP contribution in [0.3, 0.4) is 0 Å². The van der Waals surface area contributed by atoms with Crippen molar-refractivity contribution in [1.29, 1.82) is 0 Å². The molecule has 172 valence electrons. The Kier molecular flexibility index (Phi) is 8.10. The number of amides is 1. The summed E-state index contributed by atoms with van der Waals surface area (Å²) in [5.41, 5.74) is 1.71. The molecule has 2 aromatic rings. The van der Waals surface area contributed by atoms with Crippen molar-refractivity contribution in [1.82, 2.24) is 10.2 Å². The van der Waals surface area contributed by atoms with E-state index in [2.05, 4.69) is 29.0 Å². The van der Waals surface area contributed by atoms with Crippen LogP contribution in [0.1, 0.15) is 54.4 Å². The molecule has 0 spiro atoms. The largest absolute Gasteiger partial charge is 0.350 e. The highest BCUT2D eigenvalue weighted by atomic mass is 32.2. The maximum atomic E-state index is 12.7. The molecule has 2 N–H and O–H groups in total. The van der Waals surface area contributed by atoms with Gasteiger partial charge in [-0.05, 0) is 62.8 Å². The zero-order valence-electron chi connectivity index (χ0n) is 18.9. The second-order valence-corrected chi connectivity index (χ2v) is 10.2. The number of carbonyl (C=O) groups excluding carboxylic acids is 1. The molecule has 1 aliphatic rings. The summed E-state index contributed by atoms with van der Waals surface area (Å²) < 4.78 is 27.1. The number of nitrogens with one attached hydrogen (secondary N) is 2. The van der Waals surface area contributed by atoms with Crippen molar-refractivity contribution in [2.24, 2.45) is 0 Å². The van der Waals surface area contributed by atoms with Gasteiger partial charge in [0.1, 0.15) is 0 Å². The average molecular weight is 456 g/mol. The molecule has 2 aromatic carbocycles. The number of rotatable bonds is 8. The third kappa shape index (κ3) is 6.68. The van der Waals surface area contributed by atoms with Crippen molar-refractivity contribution >= 4 is 27.7 Å². The van der Waals surface area contributed by atoms with Gasteiger partial charge < -0.3 is 10.2 Å². The first kappa shape index (κ1) is 24.0. The standard InChI is InChI=1S/C25H33N3O3S/c1-28(2)25(17-8-3-4-9-18-25)20-26-24(29)22-12-14-23(15-13-22)27-32(30,31)19-16-21-10-6-5-7-11-21/h5-7,10-16,19,27H,3-4,8-9,17-18,20H2,1-2H3,(H,26,29)/b19-16+. The molecule has 1 saturated carbocycles. The van der Waals surface area contributed by atoms with E-state index >= 15 is 0 Å². The minimum absolute atomic E-state index is 0.00712. The Balaban J connectivity index is 1.59. The van der Waals surface area contributed by atoms with E-state index < -0.39 is 10.0 Å². The van der Waals surface area contributed by atoms with E-state index in [0.29, 0.717) is 17.8 Å². The van der Waals surface area contributed by atoms with Gasteiger partial charge in [0, 0.05) is 23.3 Å². The van der Waals surface area contributed by atoms with Gasteiger partial charge >= 0.3 is 0 Å². The highest BCUT2D eigenvalue weighted by Gasteiger charge is 2.33. The quantitative estimate of drug-likeness (QED) is 0.575.